The third-order valence-corrected chi connectivity index (χ3v) is 6.77. The predicted molar refractivity (Wildman–Crippen MR) is 113 cm³/mol. The first-order chi connectivity index (χ1) is 14.0. The molecule has 2 saturated heterocycles. The van der Waals surface area contributed by atoms with Crippen LogP contribution in [-0.4, -0.2) is 80.2 Å². The number of nitrogens with zero attached hydrogens (tertiary/aromatic N) is 4. The second-order valence-electron chi connectivity index (χ2n) is 7.77. The molecule has 0 aliphatic carbocycles. The second kappa shape index (κ2) is 10.4. The van der Waals surface area contributed by atoms with E-state index < -0.39 is 10.0 Å². The lowest BCUT2D eigenvalue weighted by Gasteiger charge is -2.23. The van der Waals surface area contributed by atoms with Crippen LogP contribution in [0.2, 0.25) is 0 Å². The zero-order valence-corrected chi connectivity index (χ0v) is 18.3. The SMILES string of the molecule is CCNC(=NCCS(=O)(=O)NCC1CCCCO1)N1CCC(c2cnn(C)c2)C1. The lowest BCUT2D eigenvalue weighted by atomic mass is 10.0. The largest absolute Gasteiger partial charge is 0.377 e. The molecule has 29 heavy (non-hydrogen) atoms. The van der Waals surface area contributed by atoms with E-state index in [-0.39, 0.29) is 18.4 Å². The Bertz CT molecular complexity index is 773. The summed E-state index contributed by atoms with van der Waals surface area (Å²) in [7, 11) is -1.43. The van der Waals surface area contributed by atoms with Gasteiger partial charge >= 0.3 is 0 Å². The Labute approximate surface area is 173 Å². The average molecular weight is 427 g/mol. The summed E-state index contributed by atoms with van der Waals surface area (Å²) >= 11 is 0. The number of aromatic nitrogens is 2. The van der Waals surface area contributed by atoms with Crippen molar-refractivity contribution >= 4 is 16.0 Å². The average Bonchev–Trinajstić information content (AvgIpc) is 3.36. The van der Waals surface area contributed by atoms with Gasteiger partial charge in [0.05, 0.1) is 24.6 Å². The smallest absolute Gasteiger partial charge is 0.213 e. The topological polar surface area (TPSA) is 101 Å². The summed E-state index contributed by atoms with van der Waals surface area (Å²) in [4.78, 5) is 6.77. The second-order valence-corrected chi connectivity index (χ2v) is 9.70. The van der Waals surface area contributed by atoms with E-state index in [1.807, 2.05) is 24.9 Å². The number of ether oxygens (including phenoxy) is 1. The number of guanidine groups is 1. The molecule has 3 heterocycles. The molecule has 0 spiro atoms. The highest BCUT2D eigenvalue weighted by atomic mass is 32.2. The van der Waals surface area contributed by atoms with Gasteiger partial charge in [0, 0.05) is 51.9 Å². The molecule has 1 aromatic rings. The minimum atomic E-state index is -3.36. The first-order valence-corrected chi connectivity index (χ1v) is 12.2. The Kier molecular flexibility index (Phi) is 7.91. The Morgan fingerprint density at radius 2 is 2.24 bits per heavy atom. The molecule has 0 amide bonds. The van der Waals surface area contributed by atoms with E-state index in [2.05, 4.69) is 31.2 Å². The first-order valence-electron chi connectivity index (χ1n) is 10.6. The zero-order chi connectivity index (χ0) is 20.7. The molecule has 164 valence electrons. The Hall–Kier alpha value is -1.65. The summed E-state index contributed by atoms with van der Waals surface area (Å²) in [6, 6.07) is 0. The highest BCUT2D eigenvalue weighted by Crippen LogP contribution is 2.26. The van der Waals surface area contributed by atoms with Gasteiger partial charge in [-0.2, -0.15) is 5.10 Å². The van der Waals surface area contributed by atoms with Crippen LogP contribution in [0.1, 0.15) is 44.1 Å². The molecular weight excluding hydrogens is 392 g/mol. The van der Waals surface area contributed by atoms with Crippen molar-refractivity contribution < 1.29 is 13.2 Å². The van der Waals surface area contributed by atoms with Crippen LogP contribution in [0.4, 0.5) is 0 Å². The molecule has 2 atom stereocenters. The van der Waals surface area contributed by atoms with Crippen molar-refractivity contribution in [1.82, 2.24) is 24.7 Å². The summed E-state index contributed by atoms with van der Waals surface area (Å²) in [5.74, 6) is 1.19. The molecule has 1 aromatic heterocycles. The molecular formula is C19H34N6O3S. The van der Waals surface area contributed by atoms with Crippen LogP contribution in [0.25, 0.3) is 0 Å². The number of rotatable bonds is 8. The van der Waals surface area contributed by atoms with Crippen LogP contribution < -0.4 is 10.0 Å². The number of sulfonamides is 1. The van der Waals surface area contributed by atoms with Gasteiger partial charge in [-0.25, -0.2) is 13.1 Å². The lowest BCUT2D eigenvalue weighted by molar-refractivity contribution is 0.0200. The maximum atomic E-state index is 12.3. The van der Waals surface area contributed by atoms with Gasteiger partial charge in [0.1, 0.15) is 0 Å². The monoisotopic (exact) mass is 426 g/mol. The molecule has 9 nitrogen and oxygen atoms in total. The van der Waals surface area contributed by atoms with Gasteiger partial charge in [0.2, 0.25) is 10.0 Å². The number of aryl methyl sites for hydroxylation is 1. The number of hydrogen-bond donors (Lipinski definition) is 2. The summed E-state index contributed by atoms with van der Waals surface area (Å²) in [6.07, 6.45) is 8.09. The minimum absolute atomic E-state index is 0.00615. The molecule has 2 aliphatic rings. The van der Waals surface area contributed by atoms with Crippen molar-refractivity contribution in [3.05, 3.63) is 18.0 Å². The van der Waals surface area contributed by atoms with E-state index in [4.69, 9.17) is 4.74 Å². The van der Waals surface area contributed by atoms with Crippen molar-refractivity contribution in [2.75, 3.05) is 45.1 Å². The highest BCUT2D eigenvalue weighted by Gasteiger charge is 2.27. The number of hydrogen-bond acceptors (Lipinski definition) is 5. The summed E-state index contributed by atoms with van der Waals surface area (Å²) < 4.78 is 34.7. The third kappa shape index (κ3) is 6.68. The molecule has 0 radical (unpaired) electrons. The molecule has 2 unspecified atom stereocenters. The van der Waals surface area contributed by atoms with E-state index in [1.165, 1.54) is 5.56 Å². The first kappa shape index (κ1) is 22.0. The van der Waals surface area contributed by atoms with E-state index >= 15 is 0 Å². The zero-order valence-electron chi connectivity index (χ0n) is 17.5. The fraction of sp³-hybridized carbons (Fsp3) is 0.789. The van der Waals surface area contributed by atoms with E-state index in [0.29, 0.717) is 12.5 Å². The molecule has 3 rings (SSSR count). The molecule has 0 bridgehead atoms. The molecule has 0 aromatic carbocycles. The Balaban J connectivity index is 1.49. The molecule has 10 heteroatoms. The standard InChI is InChI=1S/C19H34N6O3S/c1-3-20-19(25-9-7-16(15-25)17-12-22-24(2)14-17)21-8-11-29(26,27)23-13-18-6-4-5-10-28-18/h12,14,16,18,23H,3-11,13,15H2,1-2H3,(H,20,21). The van der Waals surface area contributed by atoms with Gasteiger partial charge in [0.15, 0.2) is 5.96 Å². The van der Waals surface area contributed by atoms with Crippen LogP contribution in [0, 0.1) is 0 Å². The highest BCUT2D eigenvalue weighted by molar-refractivity contribution is 7.89. The van der Waals surface area contributed by atoms with Crippen molar-refractivity contribution in [3.8, 4) is 0 Å². The van der Waals surface area contributed by atoms with Gasteiger partial charge in [-0.3, -0.25) is 9.67 Å². The molecule has 2 fully saturated rings. The fourth-order valence-corrected chi connectivity index (χ4v) is 4.75. The van der Waals surface area contributed by atoms with Crippen LogP contribution in [0.5, 0.6) is 0 Å². The summed E-state index contributed by atoms with van der Waals surface area (Å²) in [6.45, 7) is 5.83. The van der Waals surface area contributed by atoms with E-state index in [0.717, 1.165) is 57.9 Å². The van der Waals surface area contributed by atoms with E-state index in [9.17, 15) is 8.42 Å². The quantitative estimate of drug-likeness (QED) is 0.468. The van der Waals surface area contributed by atoms with Gasteiger partial charge in [-0.1, -0.05) is 0 Å². The van der Waals surface area contributed by atoms with Crippen LogP contribution in [0.3, 0.4) is 0 Å². The maximum absolute atomic E-state index is 12.3. The lowest BCUT2D eigenvalue weighted by Crippen LogP contribution is -2.41. The van der Waals surface area contributed by atoms with Gasteiger partial charge < -0.3 is 15.0 Å². The van der Waals surface area contributed by atoms with Crippen molar-refractivity contribution in [2.24, 2.45) is 12.0 Å². The number of aliphatic imine (C=N–C) groups is 1. The predicted octanol–water partition coefficient (Wildman–Crippen LogP) is 0.663. The van der Waals surface area contributed by atoms with Gasteiger partial charge in [-0.15, -0.1) is 0 Å². The molecule has 0 saturated carbocycles. The third-order valence-electron chi connectivity index (χ3n) is 5.45. The van der Waals surface area contributed by atoms with Crippen LogP contribution in [-0.2, 0) is 21.8 Å². The van der Waals surface area contributed by atoms with Crippen LogP contribution >= 0.6 is 0 Å². The van der Waals surface area contributed by atoms with Gasteiger partial charge in [0.25, 0.3) is 0 Å². The Morgan fingerprint density at radius 3 is 2.93 bits per heavy atom. The number of likely N-dealkylation sites (tertiary alicyclic amines) is 1. The van der Waals surface area contributed by atoms with Crippen molar-refractivity contribution in [2.45, 2.75) is 44.6 Å². The molecule has 2 N–H and O–H groups in total. The Morgan fingerprint density at radius 1 is 1.38 bits per heavy atom. The van der Waals surface area contributed by atoms with Crippen molar-refractivity contribution in [3.63, 3.8) is 0 Å². The fourth-order valence-electron chi connectivity index (χ4n) is 3.83. The van der Waals surface area contributed by atoms with Crippen LogP contribution in [0.15, 0.2) is 17.4 Å². The number of nitrogens with one attached hydrogen (secondary N) is 2. The minimum Gasteiger partial charge on any atom is -0.377 e. The molecule has 2 aliphatic heterocycles. The summed E-state index contributed by atoms with van der Waals surface area (Å²) in [5, 5.41) is 7.56. The maximum Gasteiger partial charge on any atom is 0.213 e. The normalized spacial score (nSPS) is 23.5. The summed E-state index contributed by atoms with van der Waals surface area (Å²) in [5.41, 5.74) is 1.24. The van der Waals surface area contributed by atoms with Crippen molar-refractivity contribution in [1.29, 1.82) is 0 Å². The van der Waals surface area contributed by atoms with E-state index in [1.54, 1.807) is 0 Å². The van der Waals surface area contributed by atoms with Gasteiger partial charge in [-0.05, 0) is 38.2 Å².